The molecular formula is C8H6BrIO2. The van der Waals surface area contributed by atoms with Crippen molar-refractivity contribution in [3.05, 3.63) is 20.2 Å². The van der Waals surface area contributed by atoms with Crippen molar-refractivity contribution in [3.63, 3.8) is 0 Å². The molecule has 0 unspecified atom stereocenters. The second-order valence-electron chi connectivity index (χ2n) is 2.39. The summed E-state index contributed by atoms with van der Waals surface area (Å²) in [6.07, 6.45) is 0. The molecule has 0 spiro atoms. The van der Waals surface area contributed by atoms with Crippen LogP contribution in [0.15, 0.2) is 16.6 Å². The fraction of sp³-hybridized carbons (Fsp3) is 0.250. The lowest BCUT2D eigenvalue weighted by Gasteiger charge is -2.19. The van der Waals surface area contributed by atoms with Crippen molar-refractivity contribution in [3.8, 4) is 11.5 Å². The Kier molecular flexibility index (Phi) is 2.45. The number of fused-ring (bicyclic) bond motifs is 1. The van der Waals surface area contributed by atoms with E-state index in [1.165, 1.54) is 0 Å². The Balaban J connectivity index is 2.54. The van der Waals surface area contributed by atoms with Crippen LogP contribution in [0.25, 0.3) is 0 Å². The maximum absolute atomic E-state index is 5.46. The number of hydrogen-bond acceptors (Lipinski definition) is 2. The molecule has 1 aromatic carbocycles. The highest BCUT2D eigenvalue weighted by Crippen LogP contribution is 2.39. The summed E-state index contributed by atoms with van der Waals surface area (Å²) >= 11 is 5.70. The van der Waals surface area contributed by atoms with Gasteiger partial charge in [-0.15, -0.1) is 0 Å². The number of benzene rings is 1. The van der Waals surface area contributed by atoms with Crippen LogP contribution >= 0.6 is 38.5 Å². The molecule has 0 fully saturated rings. The molecular weight excluding hydrogens is 335 g/mol. The molecule has 4 heteroatoms. The van der Waals surface area contributed by atoms with Crippen molar-refractivity contribution < 1.29 is 9.47 Å². The van der Waals surface area contributed by atoms with Crippen LogP contribution in [-0.2, 0) is 0 Å². The molecule has 1 aliphatic rings. The van der Waals surface area contributed by atoms with Crippen LogP contribution in [0.4, 0.5) is 0 Å². The molecule has 0 saturated carbocycles. The van der Waals surface area contributed by atoms with Gasteiger partial charge in [-0.1, -0.05) is 0 Å². The molecule has 0 bridgehead atoms. The third-order valence-electron chi connectivity index (χ3n) is 1.60. The van der Waals surface area contributed by atoms with E-state index < -0.39 is 0 Å². The fourth-order valence-corrected chi connectivity index (χ4v) is 1.92. The van der Waals surface area contributed by atoms with Gasteiger partial charge in [0.25, 0.3) is 0 Å². The van der Waals surface area contributed by atoms with Gasteiger partial charge in [-0.2, -0.15) is 0 Å². The van der Waals surface area contributed by atoms with E-state index in [4.69, 9.17) is 9.47 Å². The van der Waals surface area contributed by atoms with Crippen LogP contribution in [0.5, 0.6) is 11.5 Å². The highest BCUT2D eigenvalue weighted by atomic mass is 127. The molecule has 0 N–H and O–H groups in total. The van der Waals surface area contributed by atoms with E-state index in [0.29, 0.717) is 13.2 Å². The lowest BCUT2D eigenvalue weighted by atomic mass is 10.3. The van der Waals surface area contributed by atoms with Crippen LogP contribution in [0.1, 0.15) is 0 Å². The van der Waals surface area contributed by atoms with Crippen molar-refractivity contribution in [1.29, 1.82) is 0 Å². The predicted molar refractivity (Wildman–Crippen MR) is 57.8 cm³/mol. The maximum Gasteiger partial charge on any atom is 0.176 e. The predicted octanol–water partition coefficient (Wildman–Crippen LogP) is 2.82. The van der Waals surface area contributed by atoms with Crippen molar-refractivity contribution in [2.24, 2.45) is 0 Å². The molecule has 2 rings (SSSR count). The first kappa shape index (κ1) is 8.62. The smallest absolute Gasteiger partial charge is 0.176 e. The van der Waals surface area contributed by atoms with Crippen molar-refractivity contribution in [2.75, 3.05) is 13.2 Å². The molecule has 0 aliphatic carbocycles. The first-order valence-electron chi connectivity index (χ1n) is 3.52. The minimum Gasteiger partial charge on any atom is -0.486 e. The van der Waals surface area contributed by atoms with Gasteiger partial charge in [-0.05, 0) is 50.7 Å². The molecule has 64 valence electrons. The quantitative estimate of drug-likeness (QED) is 0.676. The zero-order chi connectivity index (χ0) is 8.55. The van der Waals surface area contributed by atoms with E-state index in [0.717, 1.165) is 19.5 Å². The minimum atomic E-state index is 0.631. The summed E-state index contributed by atoms with van der Waals surface area (Å²) in [7, 11) is 0. The van der Waals surface area contributed by atoms with E-state index in [1.807, 2.05) is 12.1 Å². The summed E-state index contributed by atoms with van der Waals surface area (Å²) in [6.45, 7) is 1.27. The molecule has 1 aliphatic heterocycles. The van der Waals surface area contributed by atoms with Gasteiger partial charge in [-0.3, -0.25) is 0 Å². The number of halogens is 2. The molecule has 0 aromatic heterocycles. The molecule has 0 amide bonds. The minimum absolute atomic E-state index is 0.631. The number of hydrogen-bond donors (Lipinski definition) is 0. The lowest BCUT2D eigenvalue weighted by Crippen LogP contribution is -2.15. The van der Waals surface area contributed by atoms with Gasteiger partial charge in [0.1, 0.15) is 13.2 Å². The monoisotopic (exact) mass is 340 g/mol. The van der Waals surface area contributed by atoms with E-state index in [2.05, 4.69) is 38.5 Å². The second-order valence-corrected chi connectivity index (χ2v) is 4.34. The zero-order valence-corrected chi connectivity index (χ0v) is 9.88. The van der Waals surface area contributed by atoms with Gasteiger partial charge in [0, 0.05) is 3.57 Å². The zero-order valence-electron chi connectivity index (χ0n) is 6.14. The van der Waals surface area contributed by atoms with Crippen LogP contribution in [0, 0.1) is 3.57 Å². The Morgan fingerprint density at radius 1 is 1.25 bits per heavy atom. The lowest BCUT2D eigenvalue weighted by molar-refractivity contribution is 0.170. The summed E-state index contributed by atoms with van der Waals surface area (Å²) in [4.78, 5) is 0. The molecule has 0 saturated heterocycles. The van der Waals surface area contributed by atoms with Gasteiger partial charge < -0.3 is 9.47 Å². The van der Waals surface area contributed by atoms with E-state index in [9.17, 15) is 0 Å². The van der Waals surface area contributed by atoms with Gasteiger partial charge in [-0.25, -0.2) is 0 Å². The SMILES string of the molecule is Brc1c(I)ccc2c1OCCO2. The van der Waals surface area contributed by atoms with E-state index in [1.54, 1.807) is 0 Å². The van der Waals surface area contributed by atoms with Crippen molar-refractivity contribution in [2.45, 2.75) is 0 Å². The highest BCUT2D eigenvalue weighted by molar-refractivity contribution is 14.1. The fourth-order valence-electron chi connectivity index (χ4n) is 1.06. The van der Waals surface area contributed by atoms with E-state index in [-0.39, 0.29) is 0 Å². The summed E-state index contributed by atoms with van der Waals surface area (Å²) in [5.41, 5.74) is 0. The molecule has 1 heterocycles. The van der Waals surface area contributed by atoms with Crippen LogP contribution in [-0.4, -0.2) is 13.2 Å². The van der Waals surface area contributed by atoms with Gasteiger partial charge in [0.2, 0.25) is 0 Å². The van der Waals surface area contributed by atoms with Crippen molar-refractivity contribution >= 4 is 38.5 Å². The standard InChI is InChI=1S/C8H6BrIO2/c9-7-5(10)1-2-6-8(7)12-4-3-11-6/h1-2H,3-4H2. The summed E-state index contributed by atoms with van der Waals surface area (Å²) < 4.78 is 13.0. The first-order chi connectivity index (χ1) is 5.79. The van der Waals surface area contributed by atoms with Gasteiger partial charge >= 0.3 is 0 Å². The Labute approximate surface area is 92.5 Å². The van der Waals surface area contributed by atoms with Gasteiger partial charge in [0.15, 0.2) is 11.5 Å². The largest absolute Gasteiger partial charge is 0.486 e. The van der Waals surface area contributed by atoms with Crippen LogP contribution in [0.2, 0.25) is 0 Å². The van der Waals surface area contributed by atoms with Crippen LogP contribution < -0.4 is 9.47 Å². The normalized spacial score (nSPS) is 14.5. The Morgan fingerprint density at radius 2 is 2.00 bits per heavy atom. The Hall–Kier alpha value is 0.0300. The summed E-state index contributed by atoms with van der Waals surface area (Å²) in [5.74, 6) is 1.65. The third-order valence-corrected chi connectivity index (χ3v) is 4.03. The average molecular weight is 341 g/mol. The Bertz CT molecular complexity index is 314. The molecule has 12 heavy (non-hydrogen) atoms. The first-order valence-corrected chi connectivity index (χ1v) is 5.40. The summed E-state index contributed by atoms with van der Waals surface area (Å²) in [5, 5.41) is 0. The third kappa shape index (κ3) is 1.42. The average Bonchev–Trinajstić information content (AvgIpc) is 2.12. The molecule has 2 nitrogen and oxygen atoms in total. The van der Waals surface area contributed by atoms with E-state index >= 15 is 0 Å². The van der Waals surface area contributed by atoms with Crippen LogP contribution in [0.3, 0.4) is 0 Å². The topological polar surface area (TPSA) is 18.5 Å². The highest BCUT2D eigenvalue weighted by Gasteiger charge is 2.16. The molecule has 0 atom stereocenters. The van der Waals surface area contributed by atoms with Crippen molar-refractivity contribution in [1.82, 2.24) is 0 Å². The second kappa shape index (κ2) is 3.41. The summed E-state index contributed by atoms with van der Waals surface area (Å²) in [6, 6.07) is 3.93. The Morgan fingerprint density at radius 3 is 2.83 bits per heavy atom. The molecule has 1 aromatic rings. The van der Waals surface area contributed by atoms with Gasteiger partial charge in [0.05, 0.1) is 4.47 Å². The number of rotatable bonds is 0. The molecule has 0 radical (unpaired) electrons. The number of ether oxygens (including phenoxy) is 2. The maximum atomic E-state index is 5.46.